The number of aryl methyl sites for hydroxylation is 2. The lowest BCUT2D eigenvalue weighted by Crippen LogP contribution is -2.19. The smallest absolute Gasteiger partial charge is 0.267 e. The van der Waals surface area contributed by atoms with Crippen molar-refractivity contribution in [2.75, 3.05) is 0 Å². The summed E-state index contributed by atoms with van der Waals surface area (Å²) >= 11 is 0. The second-order valence-electron chi connectivity index (χ2n) is 4.81. The number of nitrogens with one attached hydrogen (secondary N) is 2. The highest BCUT2D eigenvalue weighted by Crippen LogP contribution is 2.00. The van der Waals surface area contributed by atoms with Crippen LogP contribution in [0.5, 0.6) is 0 Å². The van der Waals surface area contributed by atoms with Crippen molar-refractivity contribution in [2.24, 2.45) is 10.2 Å². The van der Waals surface area contributed by atoms with E-state index in [1.165, 1.54) is 12.4 Å². The molecule has 2 aromatic rings. The van der Waals surface area contributed by atoms with Crippen molar-refractivity contribution < 1.29 is 9.59 Å². The van der Waals surface area contributed by atoms with Crippen LogP contribution in [0.15, 0.2) is 46.9 Å². The first kappa shape index (κ1) is 16.9. The minimum Gasteiger partial charge on any atom is -0.267 e. The summed E-state index contributed by atoms with van der Waals surface area (Å²) in [5.74, 6) is -0.720. The summed E-state index contributed by atoms with van der Waals surface area (Å²) in [7, 11) is 0. The Labute approximate surface area is 138 Å². The van der Waals surface area contributed by atoms with Crippen molar-refractivity contribution in [2.45, 2.75) is 13.8 Å². The molecule has 2 N–H and O–H groups in total. The Bertz CT molecular complexity index is 733. The Hall–Kier alpha value is -3.42. The molecule has 0 aromatic carbocycles. The highest BCUT2D eigenvalue weighted by Gasteiger charge is 2.04. The van der Waals surface area contributed by atoms with Crippen LogP contribution < -0.4 is 10.9 Å². The first-order valence-electron chi connectivity index (χ1n) is 7.07. The average Bonchev–Trinajstić information content (AvgIpc) is 2.57. The Morgan fingerprint density at radius 3 is 1.67 bits per heavy atom. The van der Waals surface area contributed by atoms with Gasteiger partial charge in [-0.25, -0.2) is 10.9 Å². The summed E-state index contributed by atoms with van der Waals surface area (Å²) in [6, 6.07) is 6.47. The van der Waals surface area contributed by atoms with Gasteiger partial charge in [0.2, 0.25) is 0 Å². The molecule has 0 unspecified atom stereocenters. The Balaban J connectivity index is 1.80. The van der Waals surface area contributed by atoms with Gasteiger partial charge in [0.1, 0.15) is 0 Å². The van der Waals surface area contributed by atoms with Crippen LogP contribution in [0.1, 0.15) is 32.1 Å². The number of pyridine rings is 2. The quantitative estimate of drug-likeness (QED) is 0.636. The second kappa shape index (κ2) is 8.28. The van der Waals surface area contributed by atoms with E-state index in [2.05, 4.69) is 31.0 Å². The van der Waals surface area contributed by atoms with Crippen molar-refractivity contribution in [3.8, 4) is 0 Å². The van der Waals surface area contributed by atoms with Crippen LogP contribution in [0.2, 0.25) is 0 Å². The van der Waals surface area contributed by atoms with Crippen LogP contribution in [0, 0.1) is 13.8 Å². The number of hydrazone groups is 2. The molecular weight excluding hydrogens is 308 g/mol. The predicted octanol–water partition coefficient (Wildman–Crippen LogP) is 1.22. The normalized spacial score (nSPS) is 10.9. The van der Waals surface area contributed by atoms with Gasteiger partial charge >= 0.3 is 0 Å². The number of amides is 2. The number of carbonyl (C=O) groups excluding carboxylic acids is 2. The number of carbonyl (C=O) groups is 2. The van der Waals surface area contributed by atoms with E-state index in [1.54, 1.807) is 50.5 Å². The van der Waals surface area contributed by atoms with E-state index in [0.717, 1.165) is 11.4 Å². The van der Waals surface area contributed by atoms with Gasteiger partial charge in [-0.05, 0) is 38.1 Å². The van der Waals surface area contributed by atoms with Gasteiger partial charge in [0.25, 0.3) is 11.8 Å². The van der Waals surface area contributed by atoms with E-state index < -0.39 is 0 Å². The molecule has 0 saturated carbocycles. The molecule has 2 rings (SSSR count). The van der Waals surface area contributed by atoms with E-state index in [0.29, 0.717) is 11.1 Å². The molecule has 2 aromatic heterocycles. The lowest BCUT2D eigenvalue weighted by Gasteiger charge is -2.00. The molecule has 0 spiro atoms. The molecule has 0 aliphatic carbocycles. The van der Waals surface area contributed by atoms with Crippen molar-refractivity contribution in [3.05, 3.63) is 59.2 Å². The molecule has 2 heterocycles. The molecule has 0 aliphatic rings. The van der Waals surface area contributed by atoms with Crippen LogP contribution in [-0.4, -0.2) is 34.2 Å². The predicted molar refractivity (Wildman–Crippen MR) is 89.9 cm³/mol. The highest BCUT2D eigenvalue weighted by molar-refractivity contribution is 6.16. The van der Waals surface area contributed by atoms with Gasteiger partial charge in [0.15, 0.2) is 0 Å². The third kappa shape index (κ3) is 5.09. The summed E-state index contributed by atoms with van der Waals surface area (Å²) in [6.45, 7) is 3.58. The molecule has 0 radical (unpaired) electrons. The van der Waals surface area contributed by atoms with Crippen LogP contribution >= 0.6 is 0 Å². The summed E-state index contributed by atoms with van der Waals surface area (Å²) in [6.07, 6.45) is 5.60. The molecule has 0 saturated heterocycles. The van der Waals surface area contributed by atoms with Crippen LogP contribution in [-0.2, 0) is 0 Å². The highest BCUT2D eigenvalue weighted by atomic mass is 16.2. The number of aromatic nitrogens is 2. The zero-order valence-corrected chi connectivity index (χ0v) is 13.2. The van der Waals surface area contributed by atoms with E-state index in [1.807, 2.05) is 0 Å². The molecule has 8 heteroatoms. The molecular formula is C16H16N6O2. The van der Waals surface area contributed by atoms with Crippen LogP contribution in [0.4, 0.5) is 0 Å². The maximum Gasteiger partial charge on any atom is 0.271 e. The fraction of sp³-hybridized carbons (Fsp3) is 0.125. The average molecular weight is 324 g/mol. The molecule has 8 nitrogen and oxygen atoms in total. The standard InChI is InChI=1S/C16H16N6O2/c1-11-9-13(3-5-17-11)15(23)21-19-7-8-20-22-16(24)14-4-6-18-12(2)10-14/h3-10H,1-2H3,(H,21,23)(H,22,24)/b19-7+,20-8+. The first-order valence-corrected chi connectivity index (χ1v) is 7.07. The van der Waals surface area contributed by atoms with Crippen molar-refractivity contribution in [3.63, 3.8) is 0 Å². The number of hydrogen-bond acceptors (Lipinski definition) is 6. The monoisotopic (exact) mass is 324 g/mol. The number of rotatable bonds is 5. The molecule has 0 aliphatic heterocycles. The molecule has 24 heavy (non-hydrogen) atoms. The fourth-order valence-electron chi connectivity index (χ4n) is 1.76. The van der Waals surface area contributed by atoms with Gasteiger partial charge in [0.05, 0.1) is 12.4 Å². The van der Waals surface area contributed by atoms with Crippen molar-refractivity contribution >= 4 is 24.2 Å². The van der Waals surface area contributed by atoms with Gasteiger partial charge in [0, 0.05) is 34.9 Å². The van der Waals surface area contributed by atoms with E-state index in [4.69, 9.17) is 0 Å². The van der Waals surface area contributed by atoms with Crippen LogP contribution in [0.3, 0.4) is 0 Å². The maximum atomic E-state index is 11.8. The van der Waals surface area contributed by atoms with E-state index in [9.17, 15) is 9.59 Å². The summed E-state index contributed by atoms with van der Waals surface area (Å²) in [5.41, 5.74) is 7.08. The zero-order chi connectivity index (χ0) is 17.4. The number of hydrogen-bond donors (Lipinski definition) is 2. The third-order valence-corrected chi connectivity index (χ3v) is 2.87. The summed E-state index contributed by atoms with van der Waals surface area (Å²) in [4.78, 5) is 31.6. The van der Waals surface area contributed by atoms with Crippen molar-refractivity contribution in [1.82, 2.24) is 20.8 Å². The molecule has 0 bridgehead atoms. The van der Waals surface area contributed by atoms with Gasteiger partial charge in [-0.15, -0.1) is 0 Å². The third-order valence-electron chi connectivity index (χ3n) is 2.87. The lowest BCUT2D eigenvalue weighted by molar-refractivity contribution is 0.0946. The Morgan fingerprint density at radius 2 is 1.29 bits per heavy atom. The second-order valence-corrected chi connectivity index (χ2v) is 4.81. The molecule has 0 fully saturated rings. The zero-order valence-electron chi connectivity index (χ0n) is 13.2. The fourth-order valence-corrected chi connectivity index (χ4v) is 1.76. The minimum atomic E-state index is -0.360. The van der Waals surface area contributed by atoms with Gasteiger partial charge in [-0.1, -0.05) is 0 Å². The SMILES string of the molecule is Cc1cc(C(=O)N/N=C/C=N/NC(=O)c2ccnc(C)c2)ccn1. The topological polar surface area (TPSA) is 109 Å². The summed E-state index contributed by atoms with van der Waals surface area (Å²) < 4.78 is 0. The summed E-state index contributed by atoms with van der Waals surface area (Å²) in [5, 5.41) is 7.41. The van der Waals surface area contributed by atoms with E-state index in [-0.39, 0.29) is 11.8 Å². The largest absolute Gasteiger partial charge is 0.271 e. The lowest BCUT2D eigenvalue weighted by atomic mass is 10.2. The molecule has 0 atom stereocenters. The van der Waals surface area contributed by atoms with Gasteiger partial charge in [-0.3, -0.25) is 19.6 Å². The van der Waals surface area contributed by atoms with E-state index >= 15 is 0 Å². The maximum absolute atomic E-state index is 11.8. The van der Waals surface area contributed by atoms with Gasteiger partial charge < -0.3 is 0 Å². The van der Waals surface area contributed by atoms with Crippen LogP contribution in [0.25, 0.3) is 0 Å². The first-order chi connectivity index (χ1) is 11.6. The minimum absolute atomic E-state index is 0.360. The van der Waals surface area contributed by atoms with Crippen molar-refractivity contribution in [1.29, 1.82) is 0 Å². The Morgan fingerprint density at radius 1 is 0.875 bits per heavy atom. The molecule has 2 amide bonds. The Kier molecular flexibility index (Phi) is 5.84. The molecule has 122 valence electrons. The number of nitrogens with zero attached hydrogens (tertiary/aromatic N) is 4. The van der Waals surface area contributed by atoms with Gasteiger partial charge in [-0.2, -0.15) is 10.2 Å².